The van der Waals surface area contributed by atoms with Crippen LogP contribution in [0.3, 0.4) is 0 Å². The Bertz CT molecular complexity index is 1760. The van der Waals surface area contributed by atoms with Crippen molar-refractivity contribution in [1.82, 2.24) is 25.1 Å². The summed E-state index contributed by atoms with van der Waals surface area (Å²) in [5.74, 6) is -2.63. The summed E-state index contributed by atoms with van der Waals surface area (Å²) in [7, 11) is 0. The highest BCUT2D eigenvalue weighted by Crippen LogP contribution is 2.37. The molecule has 0 bridgehead atoms. The van der Waals surface area contributed by atoms with Crippen LogP contribution in [0.1, 0.15) is 46.8 Å². The second-order valence-corrected chi connectivity index (χ2v) is 11.7. The van der Waals surface area contributed by atoms with Crippen LogP contribution >= 0.6 is 11.3 Å². The molecule has 0 radical (unpaired) electrons. The molecule has 216 valence electrons. The molecule has 0 unspecified atom stereocenters. The minimum absolute atomic E-state index is 0.106. The topological polar surface area (TPSA) is 60.6 Å². The first-order chi connectivity index (χ1) is 20.1. The normalized spacial score (nSPS) is 16.4. The van der Waals surface area contributed by atoms with Crippen LogP contribution in [0.5, 0.6) is 0 Å². The van der Waals surface area contributed by atoms with Crippen molar-refractivity contribution in [3.05, 3.63) is 113 Å². The zero-order chi connectivity index (χ0) is 30.0. The van der Waals surface area contributed by atoms with Crippen molar-refractivity contribution in [1.29, 1.82) is 0 Å². The van der Waals surface area contributed by atoms with Gasteiger partial charge in [0.1, 0.15) is 0 Å². The predicted octanol–water partition coefficient (Wildman–Crippen LogP) is 8.83. The lowest BCUT2D eigenvalue weighted by Gasteiger charge is -2.16. The third-order valence-electron chi connectivity index (χ3n) is 7.46. The maximum absolute atomic E-state index is 13.7. The highest BCUT2D eigenvalue weighted by Gasteiger charge is 2.38. The summed E-state index contributed by atoms with van der Waals surface area (Å²) in [5, 5.41) is 8.51. The van der Waals surface area contributed by atoms with Crippen molar-refractivity contribution >= 4 is 39.1 Å². The second-order valence-electron chi connectivity index (χ2n) is 10.7. The average molecular weight is 584 g/mol. The molecule has 0 amide bonds. The standard InChI is InChI=1S/C34H35F2N5S/c1-7-10-26(31-12-11-30(42-31)21(4)5)27-17-29(38-22(27)6)32-28-16-25(18-37-33(28)40-39-32)24(9-3)15-23(8-2)19-41-14-13-34(35,36)20-41/h7-12,15-18,38H,1-2,4,13-14,19-20H2,3,5-6H3,(H,37,39,40)/b23-15+,24-9+,26-10+. The summed E-state index contributed by atoms with van der Waals surface area (Å²) in [6, 6.07) is 8.41. The third kappa shape index (κ3) is 6.05. The van der Waals surface area contributed by atoms with Crippen LogP contribution in [-0.4, -0.2) is 50.6 Å². The summed E-state index contributed by atoms with van der Waals surface area (Å²) in [6.45, 7) is 18.5. The maximum atomic E-state index is 13.7. The molecule has 5 rings (SSSR count). The number of allylic oxidation sites excluding steroid dienone is 6. The number of H-pyrrole nitrogens is 2. The van der Waals surface area contributed by atoms with Crippen molar-refractivity contribution in [3.63, 3.8) is 0 Å². The summed E-state index contributed by atoms with van der Waals surface area (Å²) in [6.07, 6.45) is 11.2. The number of aromatic nitrogens is 4. The van der Waals surface area contributed by atoms with Crippen molar-refractivity contribution in [2.24, 2.45) is 0 Å². The van der Waals surface area contributed by atoms with E-state index in [2.05, 4.69) is 71.1 Å². The van der Waals surface area contributed by atoms with Gasteiger partial charge >= 0.3 is 0 Å². The minimum Gasteiger partial charge on any atom is -0.357 e. The lowest BCUT2D eigenvalue weighted by molar-refractivity contribution is 0.0131. The second kappa shape index (κ2) is 12.0. The summed E-state index contributed by atoms with van der Waals surface area (Å²) in [5.41, 5.74) is 9.28. The van der Waals surface area contributed by atoms with Crippen molar-refractivity contribution in [2.75, 3.05) is 19.6 Å². The van der Waals surface area contributed by atoms with Gasteiger partial charge in [-0.1, -0.05) is 50.1 Å². The van der Waals surface area contributed by atoms with Gasteiger partial charge in [-0.05, 0) is 61.8 Å². The molecule has 0 aromatic carbocycles. The zero-order valence-corrected chi connectivity index (χ0v) is 25.0. The fourth-order valence-corrected chi connectivity index (χ4v) is 6.24. The monoisotopic (exact) mass is 583 g/mol. The predicted molar refractivity (Wildman–Crippen MR) is 173 cm³/mol. The number of likely N-dealkylation sites (tertiary alicyclic amines) is 1. The van der Waals surface area contributed by atoms with Crippen LogP contribution < -0.4 is 0 Å². The fraction of sp³-hybridized carbons (Fsp3) is 0.235. The molecule has 1 aliphatic rings. The smallest absolute Gasteiger partial charge is 0.261 e. The van der Waals surface area contributed by atoms with Crippen molar-refractivity contribution < 1.29 is 8.78 Å². The van der Waals surface area contributed by atoms with E-state index < -0.39 is 5.92 Å². The number of halogens is 2. The van der Waals surface area contributed by atoms with E-state index in [9.17, 15) is 8.78 Å². The van der Waals surface area contributed by atoms with E-state index in [-0.39, 0.29) is 13.0 Å². The Hall–Kier alpha value is -4.14. The zero-order valence-electron chi connectivity index (χ0n) is 24.2. The van der Waals surface area contributed by atoms with Gasteiger partial charge in [-0.2, -0.15) is 5.10 Å². The van der Waals surface area contributed by atoms with Gasteiger partial charge in [-0.3, -0.25) is 10.00 Å². The molecule has 1 aliphatic heterocycles. The highest BCUT2D eigenvalue weighted by molar-refractivity contribution is 7.14. The Morgan fingerprint density at radius 2 is 2.00 bits per heavy atom. The number of aryl methyl sites for hydroxylation is 1. The molecule has 5 nitrogen and oxygen atoms in total. The van der Waals surface area contributed by atoms with E-state index in [4.69, 9.17) is 0 Å². The number of fused-ring (bicyclic) bond motifs is 1. The molecular formula is C34H35F2N5S. The SMILES string of the molecule is C=C/C=C(/c1ccc(C(=C)C)s1)c1cc(-c2[nH]nc3ncc(C(/C=C(\C=C)CN4CCC(F)(F)C4)=C/C)cc23)[nH]c1C. The fourth-order valence-electron chi connectivity index (χ4n) is 5.27. The number of aromatic amines is 2. The van der Waals surface area contributed by atoms with E-state index in [1.807, 2.05) is 38.2 Å². The molecule has 0 aliphatic carbocycles. The molecule has 1 fully saturated rings. The first kappa shape index (κ1) is 29.4. The van der Waals surface area contributed by atoms with Gasteiger partial charge < -0.3 is 4.98 Å². The van der Waals surface area contributed by atoms with Gasteiger partial charge in [-0.25, -0.2) is 13.8 Å². The van der Waals surface area contributed by atoms with Gasteiger partial charge in [-0.15, -0.1) is 11.3 Å². The van der Waals surface area contributed by atoms with E-state index in [1.165, 1.54) is 0 Å². The molecule has 2 N–H and O–H groups in total. The molecule has 0 atom stereocenters. The molecule has 0 spiro atoms. The summed E-state index contributed by atoms with van der Waals surface area (Å²) >= 11 is 1.71. The lowest BCUT2D eigenvalue weighted by Crippen LogP contribution is -2.26. The molecule has 4 aromatic rings. The van der Waals surface area contributed by atoms with Crippen LogP contribution in [0, 0.1) is 6.92 Å². The first-order valence-electron chi connectivity index (χ1n) is 13.9. The Morgan fingerprint density at radius 3 is 2.64 bits per heavy atom. The van der Waals surface area contributed by atoms with Crippen LogP contribution in [0.15, 0.2) is 86.2 Å². The number of hydrogen-bond acceptors (Lipinski definition) is 4. The Morgan fingerprint density at radius 1 is 1.21 bits per heavy atom. The van der Waals surface area contributed by atoms with E-state index in [0.29, 0.717) is 18.7 Å². The van der Waals surface area contributed by atoms with Crippen molar-refractivity contribution in [2.45, 2.75) is 33.1 Å². The molecule has 5 heterocycles. The molecule has 8 heteroatoms. The molecular weight excluding hydrogens is 548 g/mol. The summed E-state index contributed by atoms with van der Waals surface area (Å²) in [4.78, 5) is 12.2. The molecule has 1 saturated heterocycles. The number of thiophene rings is 1. The van der Waals surface area contributed by atoms with E-state index >= 15 is 0 Å². The van der Waals surface area contributed by atoms with Crippen LogP contribution in [0.2, 0.25) is 0 Å². The number of nitrogens with one attached hydrogen (secondary N) is 2. The van der Waals surface area contributed by atoms with Crippen LogP contribution in [0.25, 0.3) is 39.1 Å². The molecule has 42 heavy (non-hydrogen) atoms. The quantitative estimate of drug-likeness (QED) is 0.183. The van der Waals surface area contributed by atoms with Gasteiger partial charge in [0.05, 0.1) is 17.9 Å². The van der Waals surface area contributed by atoms with Crippen LogP contribution in [-0.2, 0) is 0 Å². The molecule has 0 saturated carbocycles. The van der Waals surface area contributed by atoms with Gasteiger partial charge in [0.2, 0.25) is 0 Å². The Labute approximate surface area is 249 Å². The van der Waals surface area contributed by atoms with Gasteiger partial charge in [0, 0.05) is 63.2 Å². The maximum Gasteiger partial charge on any atom is 0.261 e. The van der Waals surface area contributed by atoms with E-state index in [1.54, 1.807) is 28.5 Å². The molecule has 4 aromatic heterocycles. The average Bonchev–Trinajstić information content (AvgIpc) is 3.75. The minimum atomic E-state index is -2.63. The number of hydrogen-bond donors (Lipinski definition) is 2. The number of nitrogens with zero attached hydrogens (tertiary/aromatic N) is 3. The Kier molecular flexibility index (Phi) is 8.38. The number of alkyl halides is 2. The Balaban J connectivity index is 1.48. The lowest BCUT2D eigenvalue weighted by atomic mass is 10.0. The number of rotatable bonds is 10. The highest BCUT2D eigenvalue weighted by atomic mass is 32.1. The first-order valence-corrected chi connectivity index (χ1v) is 14.7. The van der Waals surface area contributed by atoms with Gasteiger partial charge in [0.15, 0.2) is 5.65 Å². The largest absolute Gasteiger partial charge is 0.357 e. The summed E-state index contributed by atoms with van der Waals surface area (Å²) < 4.78 is 27.5. The van der Waals surface area contributed by atoms with Crippen LogP contribution in [0.4, 0.5) is 8.78 Å². The van der Waals surface area contributed by atoms with Crippen molar-refractivity contribution in [3.8, 4) is 11.4 Å². The van der Waals surface area contributed by atoms with E-state index in [0.717, 1.165) is 65.6 Å². The third-order valence-corrected chi connectivity index (χ3v) is 8.74. The number of pyridine rings is 1. The van der Waals surface area contributed by atoms with Gasteiger partial charge in [0.25, 0.3) is 5.92 Å².